The number of ether oxygens (including phenoxy) is 1. The third kappa shape index (κ3) is 2.95. The van der Waals surface area contributed by atoms with Crippen molar-refractivity contribution in [3.05, 3.63) is 23.8 Å². The predicted octanol–water partition coefficient (Wildman–Crippen LogP) is 1.25. The summed E-state index contributed by atoms with van der Waals surface area (Å²) in [6, 6.07) is 6.04. The molecule has 0 fully saturated rings. The lowest BCUT2D eigenvalue weighted by Crippen LogP contribution is -2.14. The Labute approximate surface area is 97.4 Å². The van der Waals surface area contributed by atoms with E-state index in [0.717, 1.165) is 0 Å². The molecule has 0 unspecified atom stereocenters. The molecule has 6 nitrogen and oxygen atoms in total. The van der Waals surface area contributed by atoms with Gasteiger partial charge in [-0.25, -0.2) is 4.79 Å². The van der Waals surface area contributed by atoms with E-state index in [1.807, 2.05) is 0 Å². The van der Waals surface area contributed by atoms with Gasteiger partial charge >= 0.3 is 5.97 Å². The van der Waals surface area contributed by atoms with E-state index >= 15 is 0 Å². The lowest BCUT2D eigenvalue weighted by atomic mass is 10.1. The maximum Gasteiger partial charge on any atom is 0.337 e. The van der Waals surface area contributed by atoms with E-state index in [2.05, 4.69) is 5.32 Å². The monoisotopic (exact) mass is 234 g/mol. The summed E-state index contributed by atoms with van der Waals surface area (Å²) in [5, 5.41) is 19.7. The molecule has 0 radical (unpaired) electrons. The van der Waals surface area contributed by atoms with Crippen molar-refractivity contribution in [3.8, 4) is 11.8 Å². The van der Waals surface area contributed by atoms with Crippen LogP contribution in [0.15, 0.2) is 18.2 Å². The van der Waals surface area contributed by atoms with Gasteiger partial charge in [0.25, 0.3) is 0 Å². The van der Waals surface area contributed by atoms with Crippen molar-refractivity contribution in [3.63, 3.8) is 0 Å². The van der Waals surface area contributed by atoms with E-state index in [9.17, 15) is 9.59 Å². The summed E-state index contributed by atoms with van der Waals surface area (Å²) in [7, 11) is 1.36. The second kappa shape index (κ2) is 5.51. The highest BCUT2D eigenvalue weighted by Gasteiger charge is 2.16. The number of carbonyl (C=O) groups excluding carboxylic acids is 1. The van der Waals surface area contributed by atoms with Crippen LogP contribution >= 0.6 is 0 Å². The fourth-order valence-electron chi connectivity index (χ4n) is 1.26. The van der Waals surface area contributed by atoms with Gasteiger partial charge in [-0.2, -0.15) is 5.26 Å². The molecule has 6 heteroatoms. The highest BCUT2D eigenvalue weighted by molar-refractivity contribution is 6.02. The number of nitriles is 1. The van der Waals surface area contributed by atoms with Crippen molar-refractivity contribution >= 4 is 17.6 Å². The Morgan fingerprint density at radius 1 is 1.53 bits per heavy atom. The van der Waals surface area contributed by atoms with Crippen LogP contribution in [-0.2, 0) is 4.79 Å². The lowest BCUT2D eigenvalue weighted by Gasteiger charge is -2.11. The molecule has 1 aromatic rings. The van der Waals surface area contributed by atoms with Crippen LogP contribution in [0, 0.1) is 11.3 Å². The van der Waals surface area contributed by atoms with Gasteiger partial charge < -0.3 is 15.2 Å². The standard InChI is InChI=1S/C11H10N2O4/c1-17-8-4-2-3-7(11(15)16)10(8)13-9(14)5-6-12/h2-4H,5H2,1H3,(H,13,14)(H,15,16). The summed E-state index contributed by atoms with van der Waals surface area (Å²) in [6.07, 6.45) is -0.350. The second-order valence-corrected chi connectivity index (χ2v) is 3.07. The van der Waals surface area contributed by atoms with E-state index in [0.29, 0.717) is 0 Å². The highest BCUT2D eigenvalue weighted by Crippen LogP contribution is 2.28. The molecule has 0 saturated carbocycles. The number of carboxylic acid groups (broad SMARTS) is 1. The molecule has 1 rings (SSSR count). The Kier molecular flexibility index (Phi) is 4.06. The van der Waals surface area contributed by atoms with Crippen molar-refractivity contribution in [2.75, 3.05) is 12.4 Å². The third-order valence-electron chi connectivity index (χ3n) is 1.98. The first kappa shape index (κ1) is 12.5. The molecule has 1 aromatic carbocycles. The molecule has 88 valence electrons. The third-order valence-corrected chi connectivity index (χ3v) is 1.98. The molecule has 0 bridgehead atoms. The van der Waals surface area contributed by atoms with Gasteiger partial charge in [-0.05, 0) is 12.1 Å². The lowest BCUT2D eigenvalue weighted by molar-refractivity contribution is -0.115. The van der Waals surface area contributed by atoms with E-state index in [4.69, 9.17) is 15.1 Å². The fraction of sp³-hybridized carbons (Fsp3) is 0.182. The molecule has 0 heterocycles. The topological polar surface area (TPSA) is 99.4 Å². The first-order chi connectivity index (χ1) is 8.10. The first-order valence-corrected chi connectivity index (χ1v) is 4.67. The Balaban J connectivity index is 3.14. The van der Waals surface area contributed by atoms with E-state index in [1.165, 1.54) is 25.3 Å². The summed E-state index contributed by atoms with van der Waals surface area (Å²) >= 11 is 0. The highest BCUT2D eigenvalue weighted by atomic mass is 16.5. The number of para-hydroxylation sites is 1. The molecular formula is C11H10N2O4. The van der Waals surface area contributed by atoms with Crippen molar-refractivity contribution in [2.45, 2.75) is 6.42 Å². The van der Waals surface area contributed by atoms with Crippen LogP contribution < -0.4 is 10.1 Å². The van der Waals surface area contributed by atoms with Crippen LogP contribution in [0.3, 0.4) is 0 Å². The fourth-order valence-corrected chi connectivity index (χ4v) is 1.26. The molecule has 0 aliphatic heterocycles. The number of aromatic carboxylic acids is 1. The SMILES string of the molecule is COc1cccc(C(=O)O)c1NC(=O)CC#N. The quantitative estimate of drug-likeness (QED) is 0.816. The summed E-state index contributed by atoms with van der Waals surface area (Å²) in [5.41, 5.74) is -0.0293. The summed E-state index contributed by atoms with van der Waals surface area (Å²) in [6.45, 7) is 0. The van der Waals surface area contributed by atoms with Gasteiger partial charge in [0.1, 0.15) is 12.2 Å². The Hall–Kier alpha value is -2.55. The van der Waals surface area contributed by atoms with Crippen LogP contribution in [0.25, 0.3) is 0 Å². The molecule has 0 aliphatic rings. The van der Waals surface area contributed by atoms with Gasteiger partial charge in [0.2, 0.25) is 5.91 Å². The van der Waals surface area contributed by atoms with Gasteiger partial charge in [-0.15, -0.1) is 0 Å². The molecule has 17 heavy (non-hydrogen) atoms. The van der Waals surface area contributed by atoms with Crippen LogP contribution in [0.5, 0.6) is 5.75 Å². The zero-order valence-electron chi connectivity index (χ0n) is 9.06. The molecule has 0 spiro atoms. The average molecular weight is 234 g/mol. The number of nitrogens with one attached hydrogen (secondary N) is 1. The summed E-state index contributed by atoms with van der Waals surface area (Å²) in [5.74, 6) is -1.54. The molecule has 0 atom stereocenters. The zero-order valence-corrected chi connectivity index (χ0v) is 9.06. The Morgan fingerprint density at radius 2 is 2.24 bits per heavy atom. The first-order valence-electron chi connectivity index (χ1n) is 4.67. The average Bonchev–Trinajstić information content (AvgIpc) is 2.29. The van der Waals surface area contributed by atoms with Crippen LogP contribution in [0.4, 0.5) is 5.69 Å². The van der Waals surface area contributed by atoms with Gasteiger partial charge in [-0.1, -0.05) is 6.07 Å². The van der Waals surface area contributed by atoms with Gasteiger partial charge in [0, 0.05) is 0 Å². The molecule has 0 saturated heterocycles. The number of benzene rings is 1. The number of nitrogens with zero attached hydrogens (tertiary/aromatic N) is 1. The van der Waals surface area contributed by atoms with Gasteiger partial charge in [-0.3, -0.25) is 4.79 Å². The Bertz CT molecular complexity index is 491. The van der Waals surface area contributed by atoms with Gasteiger partial charge in [0.15, 0.2) is 0 Å². The maximum absolute atomic E-state index is 11.3. The summed E-state index contributed by atoms with van der Waals surface area (Å²) < 4.78 is 4.95. The molecular weight excluding hydrogens is 224 g/mol. The van der Waals surface area contributed by atoms with E-state index < -0.39 is 11.9 Å². The van der Waals surface area contributed by atoms with E-state index in [1.54, 1.807) is 6.07 Å². The van der Waals surface area contributed by atoms with Crippen molar-refractivity contribution in [1.29, 1.82) is 5.26 Å². The van der Waals surface area contributed by atoms with Crippen LogP contribution in [0.2, 0.25) is 0 Å². The largest absolute Gasteiger partial charge is 0.495 e. The summed E-state index contributed by atoms with van der Waals surface area (Å²) in [4.78, 5) is 22.2. The number of methoxy groups -OCH3 is 1. The molecule has 1 amide bonds. The zero-order chi connectivity index (χ0) is 12.8. The van der Waals surface area contributed by atoms with Crippen LogP contribution in [0.1, 0.15) is 16.8 Å². The number of anilines is 1. The van der Waals surface area contributed by atoms with Gasteiger partial charge in [0.05, 0.1) is 24.4 Å². The minimum Gasteiger partial charge on any atom is -0.495 e. The molecule has 0 aliphatic carbocycles. The number of hydrogen-bond donors (Lipinski definition) is 2. The number of carbonyl (C=O) groups is 2. The normalized spacial score (nSPS) is 9.18. The molecule has 0 aromatic heterocycles. The predicted molar refractivity (Wildman–Crippen MR) is 58.8 cm³/mol. The van der Waals surface area contributed by atoms with Crippen molar-refractivity contribution in [2.24, 2.45) is 0 Å². The van der Waals surface area contributed by atoms with E-state index in [-0.39, 0.29) is 23.4 Å². The molecule has 2 N–H and O–H groups in total. The van der Waals surface area contributed by atoms with Crippen molar-refractivity contribution in [1.82, 2.24) is 0 Å². The minimum atomic E-state index is -1.18. The number of amides is 1. The number of hydrogen-bond acceptors (Lipinski definition) is 4. The number of carboxylic acids is 1. The van der Waals surface area contributed by atoms with Crippen molar-refractivity contribution < 1.29 is 19.4 Å². The Morgan fingerprint density at radius 3 is 2.76 bits per heavy atom. The van der Waals surface area contributed by atoms with Crippen LogP contribution in [-0.4, -0.2) is 24.1 Å². The smallest absolute Gasteiger partial charge is 0.337 e. The number of rotatable bonds is 4. The maximum atomic E-state index is 11.3. The second-order valence-electron chi connectivity index (χ2n) is 3.07. The minimum absolute atomic E-state index is 0.0581.